The topological polar surface area (TPSA) is 12.0 Å². The average molecular weight is 451 g/mol. The highest BCUT2D eigenvalue weighted by Crippen LogP contribution is 2.31. The molecule has 100 valence electrons. The number of hydrogen-bond acceptors (Lipinski definition) is 1. The van der Waals surface area contributed by atoms with Gasteiger partial charge in [0.25, 0.3) is 0 Å². The molecule has 2 aromatic rings. The SMILES string of the molecule is Cc1cc(Br)c(NC(C)c2ccc(I)cc2)cc1Cl. The Morgan fingerprint density at radius 3 is 2.47 bits per heavy atom. The minimum atomic E-state index is 0.229. The molecule has 0 radical (unpaired) electrons. The lowest BCUT2D eigenvalue weighted by molar-refractivity contribution is 0.883. The number of benzene rings is 2. The normalized spacial score (nSPS) is 12.3. The van der Waals surface area contributed by atoms with Crippen LogP contribution in [0, 0.1) is 10.5 Å². The van der Waals surface area contributed by atoms with Crippen molar-refractivity contribution < 1.29 is 0 Å². The van der Waals surface area contributed by atoms with E-state index in [-0.39, 0.29) is 6.04 Å². The summed E-state index contributed by atoms with van der Waals surface area (Å²) >= 11 is 12.1. The van der Waals surface area contributed by atoms with Gasteiger partial charge in [0.2, 0.25) is 0 Å². The molecule has 1 nitrogen and oxygen atoms in total. The van der Waals surface area contributed by atoms with Gasteiger partial charge in [-0.05, 0) is 87.8 Å². The largest absolute Gasteiger partial charge is 0.378 e. The van der Waals surface area contributed by atoms with E-state index in [0.717, 1.165) is 20.7 Å². The number of anilines is 1. The first-order valence-electron chi connectivity index (χ1n) is 5.95. The molecule has 0 aliphatic carbocycles. The van der Waals surface area contributed by atoms with Crippen LogP contribution in [-0.4, -0.2) is 0 Å². The van der Waals surface area contributed by atoms with Crippen molar-refractivity contribution in [2.24, 2.45) is 0 Å². The quantitative estimate of drug-likeness (QED) is 0.550. The first-order valence-corrected chi connectivity index (χ1v) is 8.20. The van der Waals surface area contributed by atoms with Crippen molar-refractivity contribution in [3.05, 3.63) is 60.6 Å². The molecule has 0 aromatic heterocycles. The highest BCUT2D eigenvalue weighted by atomic mass is 127. The van der Waals surface area contributed by atoms with Gasteiger partial charge in [-0.1, -0.05) is 23.7 Å². The van der Waals surface area contributed by atoms with Crippen molar-refractivity contribution in [1.82, 2.24) is 0 Å². The van der Waals surface area contributed by atoms with Crippen molar-refractivity contribution in [2.75, 3.05) is 5.32 Å². The molecule has 1 unspecified atom stereocenters. The van der Waals surface area contributed by atoms with Crippen LogP contribution in [0.5, 0.6) is 0 Å². The minimum Gasteiger partial charge on any atom is -0.378 e. The monoisotopic (exact) mass is 449 g/mol. The van der Waals surface area contributed by atoms with E-state index in [1.807, 2.05) is 19.1 Å². The van der Waals surface area contributed by atoms with E-state index < -0.39 is 0 Å². The zero-order chi connectivity index (χ0) is 14.0. The Morgan fingerprint density at radius 2 is 1.84 bits per heavy atom. The van der Waals surface area contributed by atoms with Crippen molar-refractivity contribution in [3.8, 4) is 0 Å². The van der Waals surface area contributed by atoms with Crippen LogP contribution in [0.2, 0.25) is 5.02 Å². The van der Waals surface area contributed by atoms with Crippen LogP contribution in [0.1, 0.15) is 24.1 Å². The van der Waals surface area contributed by atoms with Gasteiger partial charge in [0.05, 0.1) is 5.69 Å². The van der Waals surface area contributed by atoms with Crippen molar-refractivity contribution in [3.63, 3.8) is 0 Å². The fourth-order valence-electron chi connectivity index (χ4n) is 1.82. The molecule has 19 heavy (non-hydrogen) atoms. The third kappa shape index (κ3) is 3.86. The molecule has 0 amide bonds. The van der Waals surface area contributed by atoms with Gasteiger partial charge in [-0.3, -0.25) is 0 Å². The summed E-state index contributed by atoms with van der Waals surface area (Å²) in [6.45, 7) is 4.14. The molecule has 2 rings (SSSR count). The number of halogens is 3. The first kappa shape index (κ1) is 15.1. The van der Waals surface area contributed by atoms with Crippen LogP contribution in [0.25, 0.3) is 0 Å². The molecular weight excluding hydrogens is 436 g/mol. The summed E-state index contributed by atoms with van der Waals surface area (Å²) in [5.41, 5.74) is 3.34. The second kappa shape index (κ2) is 6.46. The van der Waals surface area contributed by atoms with E-state index in [4.69, 9.17) is 11.6 Å². The number of nitrogens with one attached hydrogen (secondary N) is 1. The maximum absolute atomic E-state index is 6.17. The Morgan fingerprint density at radius 1 is 1.21 bits per heavy atom. The molecule has 2 aromatic carbocycles. The maximum atomic E-state index is 6.17. The summed E-state index contributed by atoms with van der Waals surface area (Å²) in [6, 6.07) is 12.7. The Balaban J connectivity index is 2.21. The summed E-state index contributed by atoms with van der Waals surface area (Å²) in [4.78, 5) is 0. The molecule has 0 aliphatic heterocycles. The highest BCUT2D eigenvalue weighted by Gasteiger charge is 2.09. The van der Waals surface area contributed by atoms with Gasteiger partial charge in [0.15, 0.2) is 0 Å². The highest BCUT2D eigenvalue weighted by molar-refractivity contribution is 14.1. The molecular formula is C15H14BrClIN. The predicted molar refractivity (Wildman–Crippen MR) is 95.1 cm³/mol. The van der Waals surface area contributed by atoms with E-state index in [2.05, 4.69) is 75.0 Å². The lowest BCUT2D eigenvalue weighted by atomic mass is 10.1. The first-order chi connectivity index (χ1) is 8.97. The number of aryl methyl sites for hydroxylation is 1. The van der Waals surface area contributed by atoms with E-state index in [9.17, 15) is 0 Å². The standard InChI is InChI=1S/C15H14BrClIN/c1-9-7-13(16)15(8-14(9)17)19-10(2)11-3-5-12(18)6-4-11/h3-8,10,19H,1-2H3. The van der Waals surface area contributed by atoms with Gasteiger partial charge in [0.1, 0.15) is 0 Å². The smallest absolute Gasteiger partial charge is 0.0504 e. The van der Waals surface area contributed by atoms with Crippen molar-refractivity contribution >= 4 is 55.8 Å². The molecule has 0 saturated heterocycles. The Kier molecular flexibility index (Phi) is 5.15. The van der Waals surface area contributed by atoms with Gasteiger partial charge in [0, 0.05) is 19.1 Å². The van der Waals surface area contributed by atoms with Gasteiger partial charge >= 0.3 is 0 Å². The lowest BCUT2D eigenvalue weighted by Crippen LogP contribution is -2.07. The summed E-state index contributed by atoms with van der Waals surface area (Å²) in [7, 11) is 0. The third-order valence-corrected chi connectivity index (χ3v) is 4.77. The van der Waals surface area contributed by atoms with E-state index in [1.54, 1.807) is 0 Å². The molecule has 0 heterocycles. The Bertz CT molecular complexity index is 583. The summed E-state index contributed by atoms with van der Waals surface area (Å²) < 4.78 is 2.28. The second-order valence-corrected chi connectivity index (χ2v) is 7.01. The van der Waals surface area contributed by atoms with Gasteiger partial charge in [-0.25, -0.2) is 0 Å². The zero-order valence-electron chi connectivity index (χ0n) is 10.7. The fourth-order valence-corrected chi connectivity index (χ4v) is 2.92. The summed E-state index contributed by atoms with van der Waals surface area (Å²) in [5.74, 6) is 0. The third-order valence-electron chi connectivity index (χ3n) is 2.99. The van der Waals surface area contributed by atoms with Gasteiger partial charge < -0.3 is 5.32 Å². The Hall–Kier alpha value is -0.260. The molecule has 0 spiro atoms. The van der Waals surface area contributed by atoms with Crippen LogP contribution >= 0.6 is 50.1 Å². The minimum absolute atomic E-state index is 0.229. The Labute approximate surface area is 141 Å². The summed E-state index contributed by atoms with van der Waals surface area (Å²) in [5, 5.41) is 4.26. The van der Waals surface area contributed by atoms with Crippen molar-refractivity contribution in [1.29, 1.82) is 0 Å². The van der Waals surface area contributed by atoms with Crippen LogP contribution in [-0.2, 0) is 0 Å². The fraction of sp³-hybridized carbons (Fsp3) is 0.200. The number of rotatable bonds is 3. The molecule has 0 aliphatic rings. The predicted octanol–water partition coefficient (Wildman–Crippen LogP) is 6.19. The molecule has 0 bridgehead atoms. The molecule has 1 atom stereocenters. The van der Waals surface area contributed by atoms with Gasteiger partial charge in [-0.15, -0.1) is 0 Å². The molecule has 0 saturated carbocycles. The van der Waals surface area contributed by atoms with Crippen LogP contribution in [0.3, 0.4) is 0 Å². The van der Waals surface area contributed by atoms with E-state index in [0.29, 0.717) is 0 Å². The second-order valence-electron chi connectivity index (χ2n) is 4.50. The average Bonchev–Trinajstić information content (AvgIpc) is 2.36. The molecule has 0 fully saturated rings. The maximum Gasteiger partial charge on any atom is 0.0504 e. The van der Waals surface area contributed by atoms with Gasteiger partial charge in [-0.2, -0.15) is 0 Å². The van der Waals surface area contributed by atoms with E-state index >= 15 is 0 Å². The number of hydrogen-bond donors (Lipinski definition) is 1. The summed E-state index contributed by atoms with van der Waals surface area (Å²) in [6.07, 6.45) is 0. The molecule has 1 N–H and O–H groups in total. The lowest BCUT2D eigenvalue weighted by Gasteiger charge is -2.18. The van der Waals surface area contributed by atoms with Crippen LogP contribution < -0.4 is 5.32 Å². The van der Waals surface area contributed by atoms with Crippen LogP contribution in [0.15, 0.2) is 40.9 Å². The van der Waals surface area contributed by atoms with E-state index in [1.165, 1.54) is 9.13 Å². The van der Waals surface area contributed by atoms with Crippen LogP contribution in [0.4, 0.5) is 5.69 Å². The van der Waals surface area contributed by atoms with Crippen molar-refractivity contribution in [2.45, 2.75) is 19.9 Å². The zero-order valence-corrected chi connectivity index (χ0v) is 15.2. The molecule has 4 heteroatoms.